The molecule has 4 nitrogen and oxygen atoms in total. The maximum absolute atomic E-state index is 11.1. The topological polar surface area (TPSA) is 55.4 Å². The molecule has 2 rings (SSSR count). The van der Waals surface area contributed by atoms with Gasteiger partial charge in [0.05, 0.1) is 6.10 Å². The number of rotatable bonds is 1. The van der Waals surface area contributed by atoms with Gasteiger partial charge in [-0.15, -0.1) is 0 Å². The molecule has 1 saturated heterocycles. The molecule has 1 saturated carbocycles. The van der Waals surface area contributed by atoms with E-state index in [1.165, 1.54) is 0 Å². The summed E-state index contributed by atoms with van der Waals surface area (Å²) in [7, 11) is 1.67. The van der Waals surface area contributed by atoms with Crippen molar-refractivity contribution in [2.45, 2.75) is 31.8 Å². The highest BCUT2D eigenvalue weighted by atomic mass is 16.5. The molecule has 2 fully saturated rings. The van der Waals surface area contributed by atoms with Crippen molar-refractivity contribution in [1.82, 2.24) is 5.32 Å². The van der Waals surface area contributed by atoms with Gasteiger partial charge in [0.25, 0.3) is 0 Å². The van der Waals surface area contributed by atoms with E-state index in [1.54, 1.807) is 7.11 Å². The summed E-state index contributed by atoms with van der Waals surface area (Å²) in [6, 6.07) is 0. The van der Waals surface area contributed by atoms with E-state index in [2.05, 4.69) is 5.32 Å². The smallest absolute Gasteiger partial charge is 0.227 e. The standard InChI is InChI=1S/C9H13NO3/c1-13-6-2-9(3-6)4-7(11)10-8(12)5-9/h6H,2-5H2,1H3,(H,10,11,12). The van der Waals surface area contributed by atoms with Crippen LogP contribution in [0, 0.1) is 5.41 Å². The summed E-state index contributed by atoms with van der Waals surface area (Å²) in [5, 5.41) is 2.32. The molecule has 1 aliphatic heterocycles. The molecule has 13 heavy (non-hydrogen) atoms. The molecule has 0 unspecified atom stereocenters. The number of hydrogen-bond donors (Lipinski definition) is 1. The highest BCUT2D eigenvalue weighted by molar-refractivity contribution is 5.98. The normalized spacial score (nSPS) is 27.2. The maximum Gasteiger partial charge on any atom is 0.227 e. The van der Waals surface area contributed by atoms with E-state index in [0.29, 0.717) is 12.8 Å². The minimum absolute atomic E-state index is 0.0694. The number of piperidine rings is 1. The fourth-order valence-electron chi connectivity index (χ4n) is 2.35. The van der Waals surface area contributed by atoms with E-state index in [4.69, 9.17) is 4.74 Å². The van der Waals surface area contributed by atoms with Crippen LogP contribution in [0.2, 0.25) is 0 Å². The monoisotopic (exact) mass is 183 g/mol. The van der Waals surface area contributed by atoms with Crippen molar-refractivity contribution in [3.05, 3.63) is 0 Å². The van der Waals surface area contributed by atoms with Crippen LogP contribution in [0.1, 0.15) is 25.7 Å². The second-order valence-corrected chi connectivity index (χ2v) is 4.09. The van der Waals surface area contributed by atoms with Crippen LogP contribution in [-0.4, -0.2) is 25.0 Å². The summed E-state index contributed by atoms with van der Waals surface area (Å²) in [4.78, 5) is 22.2. The van der Waals surface area contributed by atoms with Gasteiger partial charge in [-0.25, -0.2) is 0 Å². The number of carbonyl (C=O) groups excluding carboxylic acids is 2. The van der Waals surface area contributed by atoms with Gasteiger partial charge < -0.3 is 4.74 Å². The Labute approximate surface area is 76.6 Å². The predicted octanol–water partition coefficient (Wildman–Crippen LogP) is 0.218. The lowest BCUT2D eigenvalue weighted by Gasteiger charge is -2.48. The van der Waals surface area contributed by atoms with Crippen molar-refractivity contribution < 1.29 is 14.3 Å². The van der Waals surface area contributed by atoms with Crippen molar-refractivity contribution in [1.29, 1.82) is 0 Å². The van der Waals surface area contributed by atoms with Gasteiger partial charge in [0.2, 0.25) is 11.8 Å². The van der Waals surface area contributed by atoms with Crippen LogP contribution in [0.15, 0.2) is 0 Å². The molecule has 4 heteroatoms. The zero-order valence-corrected chi connectivity index (χ0v) is 7.63. The Morgan fingerprint density at radius 1 is 1.31 bits per heavy atom. The van der Waals surface area contributed by atoms with Gasteiger partial charge >= 0.3 is 0 Å². The fourth-order valence-corrected chi connectivity index (χ4v) is 2.35. The summed E-state index contributed by atoms with van der Waals surface area (Å²) >= 11 is 0. The van der Waals surface area contributed by atoms with Crippen LogP contribution in [0.3, 0.4) is 0 Å². The van der Waals surface area contributed by atoms with E-state index in [-0.39, 0.29) is 23.3 Å². The second-order valence-electron chi connectivity index (χ2n) is 4.09. The number of hydrogen-bond acceptors (Lipinski definition) is 3. The van der Waals surface area contributed by atoms with Gasteiger partial charge in [0.1, 0.15) is 0 Å². The number of methoxy groups -OCH3 is 1. The minimum atomic E-state index is -0.134. The van der Waals surface area contributed by atoms with Crippen LogP contribution >= 0.6 is 0 Å². The third-order valence-electron chi connectivity index (χ3n) is 3.00. The second kappa shape index (κ2) is 2.80. The van der Waals surface area contributed by atoms with Crippen LogP contribution < -0.4 is 5.32 Å². The molecule has 0 atom stereocenters. The highest BCUT2D eigenvalue weighted by Crippen LogP contribution is 2.49. The Kier molecular flexibility index (Phi) is 1.87. The Morgan fingerprint density at radius 3 is 2.31 bits per heavy atom. The summed E-state index contributed by atoms with van der Waals surface area (Å²) in [5.74, 6) is -0.267. The summed E-state index contributed by atoms with van der Waals surface area (Å²) in [6.45, 7) is 0. The minimum Gasteiger partial charge on any atom is -0.381 e. The average Bonchev–Trinajstić information content (AvgIpc) is 1.97. The van der Waals surface area contributed by atoms with Gasteiger partial charge in [-0.05, 0) is 18.3 Å². The highest BCUT2D eigenvalue weighted by Gasteiger charge is 2.49. The van der Waals surface area contributed by atoms with E-state index >= 15 is 0 Å². The lowest BCUT2D eigenvalue weighted by Crippen LogP contribution is -2.52. The van der Waals surface area contributed by atoms with Crippen LogP contribution in [0.4, 0.5) is 0 Å². The van der Waals surface area contributed by atoms with E-state index in [0.717, 1.165) is 12.8 Å². The van der Waals surface area contributed by atoms with Crippen molar-refractivity contribution in [2.24, 2.45) is 5.41 Å². The summed E-state index contributed by atoms with van der Waals surface area (Å²) in [5.41, 5.74) is -0.0694. The zero-order valence-electron chi connectivity index (χ0n) is 7.63. The molecule has 0 bridgehead atoms. The number of nitrogens with one attached hydrogen (secondary N) is 1. The molecule has 2 amide bonds. The molecule has 1 N–H and O–H groups in total. The molecule has 0 aromatic carbocycles. The lowest BCUT2D eigenvalue weighted by atomic mass is 9.61. The Bertz CT molecular complexity index is 238. The number of carbonyl (C=O) groups is 2. The number of imide groups is 1. The molecule has 0 radical (unpaired) electrons. The molecule has 2 aliphatic rings. The summed E-state index contributed by atoms with van der Waals surface area (Å²) < 4.78 is 5.14. The quantitative estimate of drug-likeness (QED) is 0.591. The largest absolute Gasteiger partial charge is 0.381 e. The first kappa shape index (κ1) is 8.69. The van der Waals surface area contributed by atoms with Crippen LogP contribution in [0.25, 0.3) is 0 Å². The van der Waals surface area contributed by atoms with Gasteiger partial charge in [-0.2, -0.15) is 0 Å². The first-order valence-corrected chi connectivity index (χ1v) is 4.49. The lowest BCUT2D eigenvalue weighted by molar-refractivity contribution is -0.147. The first-order valence-electron chi connectivity index (χ1n) is 4.49. The molecule has 1 heterocycles. The zero-order chi connectivity index (χ0) is 9.47. The maximum atomic E-state index is 11.1. The number of ether oxygens (including phenoxy) is 1. The van der Waals surface area contributed by atoms with Crippen molar-refractivity contribution in [3.63, 3.8) is 0 Å². The molecule has 1 spiro atoms. The predicted molar refractivity (Wildman–Crippen MR) is 44.8 cm³/mol. The van der Waals surface area contributed by atoms with E-state index < -0.39 is 0 Å². The van der Waals surface area contributed by atoms with Crippen LogP contribution in [-0.2, 0) is 14.3 Å². The third kappa shape index (κ3) is 1.46. The van der Waals surface area contributed by atoms with Gasteiger partial charge in [0, 0.05) is 20.0 Å². The van der Waals surface area contributed by atoms with Crippen LogP contribution in [0.5, 0.6) is 0 Å². The fraction of sp³-hybridized carbons (Fsp3) is 0.778. The van der Waals surface area contributed by atoms with Crippen molar-refractivity contribution in [3.8, 4) is 0 Å². The Morgan fingerprint density at radius 2 is 1.85 bits per heavy atom. The van der Waals surface area contributed by atoms with Crippen molar-refractivity contribution >= 4 is 11.8 Å². The first-order chi connectivity index (χ1) is 6.13. The van der Waals surface area contributed by atoms with Gasteiger partial charge in [-0.1, -0.05) is 0 Å². The van der Waals surface area contributed by atoms with E-state index in [1.807, 2.05) is 0 Å². The molecule has 0 aromatic rings. The Hall–Kier alpha value is -0.900. The number of amides is 2. The van der Waals surface area contributed by atoms with Gasteiger partial charge in [0.15, 0.2) is 0 Å². The van der Waals surface area contributed by atoms with Gasteiger partial charge in [-0.3, -0.25) is 14.9 Å². The van der Waals surface area contributed by atoms with Crippen molar-refractivity contribution in [2.75, 3.05) is 7.11 Å². The SMILES string of the molecule is COC1CC2(CC(=O)NC(=O)C2)C1. The molecule has 1 aliphatic carbocycles. The molecule has 0 aromatic heterocycles. The molecular formula is C9H13NO3. The molecular weight excluding hydrogens is 170 g/mol. The van der Waals surface area contributed by atoms with E-state index in [9.17, 15) is 9.59 Å². The summed E-state index contributed by atoms with van der Waals surface area (Å²) in [6.07, 6.45) is 2.92. The Balaban J connectivity index is 2.01. The molecule has 72 valence electrons. The third-order valence-corrected chi connectivity index (χ3v) is 3.00. The average molecular weight is 183 g/mol.